The topological polar surface area (TPSA) is 116 Å². The molecule has 0 radical (unpaired) electrons. The number of carboxylic acids is 1. The van der Waals surface area contributed by atoms with Crippen LogP contribution in [0.3, 0.4) is 0 Å². The monoisotopic (exact) mass is 330 g/mol. The van der Waals surface area contributed by atoms with E-state index in [1.807, 2.05) is 0 Å². The Bertz CT molecular complexity index is 518. The van der Waals surface area contributed by atoms with E-state index in [-0.39, 0.29) is 17.9 Å². The Balaban J connectivity index is 2.53. The molecule has 4 N–H and O–H groups in total. The van der Waals surface area contributed by atoms with Gasteiger partial charge in [-0.1, -0.05) is 15.9 Å². The lowest BCUT2D eigenvalue weighted by atomic mass is 10.2. The predicted molar refractivity (Wildman–Crippen MR) is 68.8 cm³/mol. The summed E-state index contributed by atoms with van der Waals surface area (Å²) in [6.07, 6.45) is 0. The zero-order valence-electron chi connectivity index (χ0n) is 9.64. The summed E-state index contributed by atoms with van der Waals surface area (Å²) in [5, 5.41) is 22.2. The number of carbonyl (C=O) groups excluding carboxylic acids is 2. The summed E-state index contributed by atoms with van der Waals surface area (Å²) in [5.74, 6) is -2.66. The first kappa shape index (κ1) is 15.0. The SMILES string of the molecule is O=C(O)CNC(=O)CNC(=O)c1cc(Br)ccc1O. The van der Waals surface area contributed by atoms with Gasteiger partial charge in [0.2, 0.25) is 5.91 Å². The van der Waals surface area contributed by atoms with Crippen LogP contribution in [-0.2, 0) is 9.59 Å². The normalized spacial score (nSPS) is 9.74. The van der Waals surface area contributed by atoms with Crippen molar-refractivity contribution in [1.29, 1.82) is 0 Å². The summed E-state index contributed by atoms with van der Waals surface area (Å²) in [5.41, 5.74) is 0.0143. The zero-order valence-corrected chi connectivity index (χ0v) is 11.2. The van der Waals surface area contributed by atoms with Crippen LogP contribution in [0.15, 0.2) is 22.7 Å². The van der Waals surface area contributed by atoms with Crippen LogP contribution in [0.25, 0.3) is 0 Å². The molecule has 1 aromatic rings. The van der Waals surface area contributed by atoms with Gasteiger partial charge in [0, 0.05) is 4.47 Å². The lowest BCUT2D eigenvalue weighted by Gasteiger charge is -2.07. The smallest absolute Gasteiger partial charge is 0.322 e. The first-order valence-corrected chi connectivity index (χ1v) is 5.94. The Hall–Kier alpha value is -2.09. The Morgan fingerprint density at radius 3 is 2.47 bits per heavy atom. The molecule has 2 amide bonds. The van der Waals surface area contributed by atoms with Crippen molar-refractivity contribution in [3.63, 3.8) is 0 Å². The summed E-state index contributed by atoms with van der Waals surface area (Å²) in [6.45, 7) is -0.894. The minimum atomic E-state index is -1.18. The summed E-state index contributed by atoms with van der Waals surface area (Å²) in [6, 6.07) is 4.30. The van der Waals surface area contributed by atoms with E-state index in [0.29, 0.717) is 4.47 Å². The molecule has 8 heteroatoms. The van der Waals surface area contributed by atoms with E-state index in [2.05, 4.69) is 26.6 Å². The average Bonchev–Trinajstić information content (AvgIpc) is 2.36. The van der Waals surface area contributed by atoms with Crippen LogP contribution < -0.4 is 10.6 Å². The van der Waals surface area contributed by atoms with Gasteiger partial charge < -0.3 is 20.8 Å². The average molecular weight is 331 g/mol. The molecule has 0 saturated carbocycles. The van der Waals surface area contributed by atoms with Crippen LogP contribution in [0, 0.1) is 0 Å². The number of rotatable bonds is 5. The lowest BCUT2D eigenvalue weighted by molar-refractivity contribution is -0.137. The number of hydrogen-bond acceptors (Lipinski definition) is 4. The highest BCUT2D eigenvalue weighted by Gasteiger charge is 2.13. The quantitative estimate of drug-likeness (QED) is 0.610. The van der Waals surface area contributed by atoms with Crippen molar-refractivity contribution < 1.29 is 24.6 Å². The van der Waals surface area contributed by atoms with Crippen molar-refractivity contribution in [3.8, 4) is 5.75 Å². The Kier molecular flexibility index (Phi) is 5.31. The fourth-order valence-corrected chi connectivity index (χ4v) is 1.54. The molecule has 0 bridgehead atoms. The van der Waals surface area contributed by atoms with E-state index < -0.39 is 24.3 Å². The number of nitrogens with one attached hydrogen (secondary N) is 2. The summed E-state index contributed by atoms with van der Waals surface area (Å²) < 4.78 is 0.603. The van der Waals surface area contributed by atoms with Gasteiger partial charge in [-0.25, -0.2) is 0 Å². The third-order valence-corrected chi connectivity index (χ3v) is 2.54. The molecule has 0 spiro atoms. The molecule has 0 atom stereocenters. The molecule has 7 nitrogen and oxygen atoms in total. The number of carbonyl (C=O) groups is 3. The Morgan fingerprint density at radius 2 is 1.84 bits per heavy atom. The summed E-state index contributed by atoms with van der Waals surface area (Å²) in [7, 11) is 0. The molecule has 0 aliphatic rings. The minimum absolute atomic E-state index is 0.0143. The summed E-state index contributed by atoms with van der Waals surface area (Å²) >= 11 is 3.15. The molecule has 102 valence electrons. The van der Waals surface area contributed by atoms with E-state index >= 15 is 0 Å². The van der Waals surface area contributed by atoms with Crippen molar-refractivity contribution in [2.24, 2.45) is 0 Å². The standard InChI is InChI=1S/C11H11BrN2O5/c12-6-1-2-8(15)7(3-6)11(19)14-4-9(16)13-5-10(17)18/h1-3,15H,4-5H2,(H,13,16)(H,14,19)(H,17,18). The van der Waals surface area contributed by atoms with Crippen LogP contribution in [0.1, 0.15) is 10.4 Å². The number of hydrogen-bond donors (Lipinski definition) is 4. The van der Waals surface area contributed by atoms with Crippen molar-refractivity contribution >= 4 is 33.7 Å². The van der Waals surface area contributed by atoms with Gasteiger partial charge in [-0.3, -0.25) is 14.4 Å². The number of benzene rings is 1. The van der Waals surface area contributed by atoms with Gasteiger partial charge >= 0.3 is 5.97 Å². The fourth-order valence-electron chi connectivity index (χ4n) is 1.18. The van der Waals surface area contributed by atoms with E-state index in [1.165, 1.54) is 12.1 Å². The minimum Gasteiger partial charge on any atom is -0.507 e. The number of aliphatic carboxylic acids is 1. The third-order valence-electron chi connectivity index (χ3n) is 2.05. The van der Waals surface area contributed by atoms with Gasteiger partial charge in [0.05, 0.1) is 12.1 Å². The molecule has 0 fully saturated rings. The summed E-state index contributed by atoms with van der Waals surface area (Å²) in [4.78, 5) is 33.1. The van der Waals surface area contributed by atoms with Gasteiger partial charge in [-0.15, -0.1) is 0 Å². The third kappa shape index (κ3) is 4.96. The second-order valence-corrected chi connectivity index (χ2v) is 4.43. The highest BCUT2D eigenvalue weighted by molar-refractivity contribution is 9.10. The molecule has 19 heavy (non-hydrogen) atoms. The van der Waals surface area contributed by atoms with Crippen LogP contribution in [0.5, 0.6) is 5.75 Å². The van der Waals surface area contributed by atoms with E-state index in [0.717, 1.165) is 0 Å². The molecule has 0 aliphatic heterocycles. The van der Waals surface area contributed by atoms with Crippen LogP contribution >= 0.6 is 15.9 Å². The molecular formula is C11H11BrN2O5. The molecule has 0 aromatic heterocycles. The number of phenols is 1. The zero-order chi connectivity index (χ0) is 14.4. The van der Waals surface area contributed by atoms with Gasteiger partial charge in [-0.05, 0) is 18.2 Å². The molecule has 0 unspecified atom stereocenters. The number of aromatic hydroxyl groups is 1. The Morgan fingerprint density at radius 1 is 1.16 bits per heavy atom. The van der Waals surface area contributed by atoms with Crippen molar-refractivity contribution in [2.75, 3.05) is 13.1 Å². The highest BCUT2D eigenvalue weighted by Crippen LogP contribution is 2.21. The number of phenolic OH excluding ortho intramolecular Hbond substituents is 1. The molecule has 1 rings (SSSR count). The number of amides is 2. The maximum atomic E-state index is 11.7. The van der Waals surface area contributed by atoms with E-state index in [4.69, 9.17) is 5.11 Å². The lowest BCUT2D eigenvalue weighted by Crippen LogP contribution is -2.39. The highest BCUT2D eigenvalue weighted by atomic mass is 79.9. The van der Waals surface area contributed by atoms with Crippen LogP contribution in [0.4, 0.5) is 0 Å². The van der Waals surface area contributed by atoms with Gasteiger partial charge in [-0.2, -0.15) is 0 Å². The van der Waals surface area contributed by atoms with Gasteiger partial charge in [0.15, 0.2) is 0 Å². The first-order chi connectivity index (χ1) is 8.90. The van der Waals surface area contributed by atoms with Crippen molar-refractivity contribution in [1.82, 2.24) is 10.6 Å². The second-order valence-electron chi connectivity index (χ2n) is 3.51. The molecule has 0 aliphatic carbocycles. The van der Waals surface area contributed by atoms with E-state index in [1.54, 1.807) is 6.07 Å². The van der Waals surface area contributed by atoms with E-state index in [9.17, 15) is 19.5 Å². The largest absolute Gasteiger partial charge is 0.507 e. The Labute approximate surface area is 116 Å². The first-order valence-electron chi connectivity index (χ1n) is 5.15. The predicted octanol–water partition coefficient (Wildman–Crippen LogP) is 0.0853. The van der Waals surface area contributed by atoms with Crippen LogP contribution in [0.2, 0.25) is 0 Å². The number of carboxylic acid groups (broad SMARTS) is 1. The maximum Gasteiger partial charge on any atom is 0.322 e. The molecule has 0 heterocycles. The van der Waals surface area contributed by atoms with Crippen LogP contribution in [-0.4, -0.2) is 41.1 Å². The second kappa shape index (κ2) is 6.74. The maximum absolute atomic E-state index is 11.7. The number of halogens is 1. The fraction of sp³-hybridized carbons (Fsp3) is 0.182. The van der Waals surface area contributed by atoms with Gasteiger partial charge in [0.1, 0.15) is 12.3 Å². The molecule has 0 saturated heterocycles. The van der Waals surface area contributed by atoms with Gasteiger partial charge in [0.25, 0.3) is 5.91 Å². The molecule has 1 aromatic carbocycles. The van der Waals surface area contributed by atoms with Crippen molar-refractivity contribution in [2.45, 2.75) is 0 Å². The van der Waals surface area contributed by atoms with Crippen molar-refractivity contribution in [3.05, 3.63) is 28.2 Å². The molecular weight excluding hydrogens is 320 g/mol.